The fourth-order valence-electron chi connectivity index (χ4n) is 3.27. The Labute approximate surface area is 173 Å². The molecule has 7 heteroatoms. The summed E-state index contributed by atoms with van der Waals surface area (Å²) in [5.41, 5.74) is 0.224. The maximum Gasteiger partial charge on any atom is 0.416 e. The minimum Gasteiger partial charge on any atom is -0.444 e. The van der Waals surface area contributed by atoms with Crippen molar-refractivity contribution in [3.8, 4) is 0 Å². The van der Waals surface area contributed by atoms with Crippen LogP contribution in [0.4, 0.5) is 13.2 Å². The van der Waals surface area contributed by atoms with Crippen LogP contribution in [0.15, 0.2) is 60.7 Å². The van der Waals surface area contributed by atoms with Gasteiger partial charge in [-0.25, -0.2) is 4.79 Å². The lowest BCUT2D eigenvalue weighted by Gasteiger charge is -2.30. The quantitative estimate of drug-likeness (QED) is 0.507. The molecule has 1 aliphatic heterocycles. The number of alkyl halides is 3. The molecule has 1 aliphatic rings. The van der Waals surface area contributed by atoms with Crippen LogP contribution < -0.4 is 0 Å². The molecule has 1 heterocycles. The van der Waals surface area contributed by atoms with E-state index in [9.17, 15) is 22.8 Å². The van der Waals surface area contributed by atoms with Crippen molar-refractivity contribution in [3.63, 3.8) is 0 Å². The average molecular weight is 417 g/mol. The van der Waals surface area contributed by atoms with E-state index in [0.29, 0.717) is 24.2 Å². The van der Waals surface area contributed by atoms with Gasteiger partial charge < -0.3 is 9.64 Å². The molecule has 30 heavy (non-hydrogen) atoms. The first-order valence-corrected chi connectivity index (χ1v) is 9.74. The van der Waals surface area contributed by atoms with Gasteiger partial charge in [0.1, 0.15) is 0 Å². The van der Waals surface area contributed by atoms with Crippen molar-refractivity contribution in [2.75, 3.05) is 13.1 Å². The van der Waals surface area contributed by atoms with E-state index in [1.807, 2.05) is 0 Å². The van der Waals surface area contributed by atoms with Crippen LogP contribution in [-0.4, -0.2) is 29.9 Å². The van der Waals surface area contributed by atoms with Crippen LogP contribution in [0.3, 0.4) is 0 Å². The van der Waals surface area contributed by atoms with Crippen LogP contribution in [0, 0.1) is 0 Å². The second-order valence-corrected chi connectivity index (χ2v) is 7.07. The molecule has 0 aliphatic carbocycles. The fourth-order valence-corrected chi connectivity index (χ4v) is 3.27. The van der Waals surface area contributed by atoms with Crippen molar-refractivity contribution in [2.45, 2.75) is 31.5 Å². The van der Waals surface area contributed by atoms with Gasteiger partial charge in [-0.2, -0.15) is 13.2 Å². The molecular formula is C23H22F3NO3. The predicted octanol–water partition coefficient (Wildman–Crippen LogP) is 5.02. The first kappa shape index (κ1) is 21.6. The lowest BCUT2D eigenvalue weighted by molar-refractivity contribution is -0.157. The van der Waals surface area contributed by atoms with E-state index in [1.165, 1.54) is 18.2 Å². The highest BCUT2D eigenvalue weighted by molar-refractivity contribution is 5.91. The number of rotatable bonds is 5. The first-order chi connectivity index (χ1) is 14.3. The summed E-state index contributed by atoms with van der Waals surface area (Å²) in [4.78, 5) is 27.0. The molecule has 4 nitrogen and oxygen atoms in total. The molecule has 0 unspecified atom stereocenters. The van der Waals surface area contributed by atoms with Crippen LogP contribution in [0.25, 0.3) is 6.08 Å². The van der Waals surface area contributed by atoms with E-state index in [0.717, 1.165) is 37.5 Å². The second-order valence-electron chi connectivity index (χ2n) is 7.07. The molecule has 0 aromatic heterocycles. The lowest BCUT2D eigenvalue weighted by Crippen LogP contribution is -2.40. The smallest absolute Gasteiger partial charge is 0.416 e. The zero-order chi connectivity index (χ0) is 21.6. The molecule has 0 bridgehead atoms. The first-order valence-electron chi connectivity index (χ1n) is 9.74. The lowest BCUT2D eigenvalue weighted by atomic mass is 10.1. The Kier molecular flexibility index (Phi) is 6.92. The summed E-state index contributed by atoms with van der Waals surface area (Å²) in [6.07, 6.45) is -0.120. The van der Waals surface area contributed by atoms with Gasteiger partial charge in [0.05, 0.1) is 5.56 Å². The van der Waals surface area contributed by atoms with Crippen molar-refractivity contribution in [3.05, 3.63) is 77.4 Å². The van der Waals surface area contributed by atoms with Crippen LogP contribution in [-0.2, 0) is 20.5 Å². The molecular weight excluding hydrogens is 395 g/mol. The average Bonchev–Trinajstić information content (AvgIpc) is 2.76. The van der Waals surface area contributed by atoms with Gasteiger partial charge in [0.25, 0.3) is 5.91 Å². The Hall–Kier alpha value is -3.09. The number of ether oxygens (including phenoxy) is 1. The van der Waals surface area contributed by atoms with E-state index in [1.54, 1.807) is 35.2 Å². The van der Waals surface area contributed by atoms with Gasteiger partial charge in [-0.15, -0.1) is 0 Å². The maximum absolute atomic E-state index is 13.0. The largest absolute Gasteiger partial charge is 0.444 e. The highest BCUT2D eigenvalue weighted by Gasteiger charge is 2.30. The zero-order valence-corrected chi connectivity index (χ0v) is 16.3. The third kappa shape index (κ3) is 5.72. The van der Waals surface area contributed by atoms with Crippen molar-refractivity contribution < 1.29 is 27.5 Å². The molecule has 0 saturated carbocycles. The van der Waals surface area contributed by atoms with Gasteiger partial charge in [-0.1, -0.05) is 42.5 Å². The number of nitrogens with zero attached hydrogens (tertiary/aromatic N) is 1. The Morgan fingerprint density at radius 3 is 2.17 bits per heavy atom. The Balaban J connectivity index is 1.71. The number of halogens is 3. The van der Waals surface area contributed by atoms with Crippen LogP contribution in [0.2, 0.25) is 0 Å². The van der Waals surface area contributed by atoms with Crippen LogP contribution in [0.1, 0.15) is 42.1 Å². The number of esters is 1. The number of carbonyl (C=O) groups is 2. The van der Waals surface area contributed by atoms with Crippen molar-refractivity contribution in [1.82, 2.24) is 4.90 Å². The predicted molar refractivity (Wildman–Crippen MR) is 106 cm³/mol. The molecule has 2 aromatic rings. The summed E-state index contributed by atoms with van der Waals surface area (Å²) in [6, 6.07) is 13.2. The van der Waals surface area contributed by atoms with Gasteiger partial charge in [0.2, 0.25) is 6.10 Å². The van der Waals surface area contributed by atoms with Crippen LogP contribution in [0.5, 0.6) is 0 Å². The maximum atomic E-state index is 13.0. The summed E-state index contributed by atoms with van der Waals surface area (Å²) in [6.45, 7) is 1.25. The standard InChI is InChI=1S/C23H22F3NO3/c24-23(25,26)19-12-9-17(10-13-19)11-14-20(28)30-21(18-7-3-1-4-8-18)22(29)27-15-5-2-6-16-27/h1,3-4,7-14,21H,2,5-6,15-16H2/b14-11+/t21-/m1/s1. The molecule has 1 fully saturated rings. The minimum atomic E-state index is -4.42. The summed E-state index contributed by atoms with van der Waals surface area (Å²) in [5, 5.41) is 0. The number of piperidine rings is 1. The summed E-state index contributed by atoms with van der Waals surface area (Å²) in [7, 11) is 0. The molecule has 3 rings (SSSR count). The monoisotopic (exact) mass is 417 g/mol. The molecule has 1 atom stereocenters. The van der Waals surface area contributed by atoms with Gasteiger partial charge >= 0.3 is 12.1 Å². The number of amides is 1. The third-order valence-corrected chi connectivity index (χ3v) is 4.88. The van der Waals surface area contributed by atoms with E-state index in [4.69, 9.17) is 4.74 Å². The highest BCUT2D eigenvalue weighted by Crippen LogP contribution is 2.29. The molecule has 2 aromatic carbocycles. The fraction of sp³-hybridized carbons (Fsp3) is 0.304. The number of benzene rings is 2. The van der Waals surface area contributed by atoms with E-state index >= 15 is 0 Å². The van der Waals surface area contributed by atoms with E-state index in [-0.39, 0.29) is 5.91 Å². The van der Waals surface area contributed by atoms with E-state index in [2.05, 4.69) is 0 Å². The summed E-state index contributed by atoms with van der Waals surface area (Å²) >= 11 is 0. The normalized spacial score (nSPS) is 15.8. The summed E-state index contributed by atoms with van der Waals surface area (Å²) in [5.74, 6) is -1.01. The Bertz CT molecular complexity index is 886. The number of carbonyl (C=O) groups excluding carboxylic acids is 2. The molecule has 158 valence electrons. The van der Waals surface area contributed by atoms with Gasteiger partial charge in [-0.3, -0.25) is 4.79 Å². The number of likely N-dealkylation sites (tertiary alicyclic amines) is 1. The third-order valence-electron chi connectivity index (χ3n) is 4.88. The minimum absolute atomic E-state index is 0.266. The van der Waals surface area contributed by atoms with Gasteiger partial charge in [-0.05, 0) is 43.0 Å². The van der Waals surface area contributed by atoms with Crippen molar-refractivity contribution >= 4 is 18.0 Å². The zero-order valence-electron chi connectivity index (χ0n) is 16.3. The van der Waals surface area contributed by atoms with Gasteiger partial charge in [0.15, 0.2) is 0 Å². The molecule has 1 amide bonds. The Morgan fingerprint density at radius 1 is 0.933 bits per heavy atom. The topological polar surface area (TPSA) is 46.6 Å². The molecule has 1 saturated heterocycles. The second kappa shape index (κ2) is 9.61. The van der Waals surface area contributed by atoms with Crippen molar-refractivity contribution in [1.29, 1.82) is 0 Å². The Morgan fingerprint density at radius 2 is 1.57 bits per heavy atom. The number of hydrogen-bond donors (Lipinski definition) is 0. The van der Waals surface area contributed by atoms with E-state index < -0.39 is 23.8 Å². The molecule has 0 N–H and O–H groups in total. The molecule has 0 radical (unpaired) electrons. The van der Waals surface area contributed by atoms with Crippen molar-refractivity contribution in [2.24, 2.45) is 0 Å². The number of hydrogen-bond acceptors (Lipinski definition) is 3. The summed E-state index contributed by atoms with van der Waals surface area (Å²) < 4.78 is 43.4. The van der Waals surface area contributed by atoms with Gasteiger partial charge in [0, 0.05) is 24.7 Å². The molecule has 0 spiro atoms. The highest BCUT2D eigenvalue weighted by atomic mass is 19.4. The SMILES string of the molecule is O=C(/C=C/c1ccc(C(F)(F)F)cc1)O[C@@H](C(=O)N1CCCCC1)c1ccccc1. The van der Waals surface area contributed by atoms with Crippen LogP contribution >= 0.6 is 0 Å².